The first-order valence-corrected chi connectivity index (χ1v) is 8.43. The van der Waals surface area contributed by atoms with Gasteiger partial charge in [0.2, 0.25) is 0 Å². The van der Waals surface area contributed by atoms with Gasteiger partial charge < -0.3 is 4.57 Å². The minimum absolute atomic E-state index is 0.256. The van der Waals surface area contributed by atoms with Crippen molar-refractivity contribution >= 4 is 39.1 Å². The number of carbonyl (C=O) groups excluding carboxylic acids is 1. The van der Waals surface area contributed by atoms with Gasteiger partial charge in [-0.05, 0) is 49.7 Å². The van der Waals surface area contributed by atoms with Gasteiger partial charge in [-0.3, -0.25) is 4.79 Å². The van der Waals surface area contributed by atoms with E-state index in [1.54, 1.807) is 18.3 Å². The van der Waals surface area contributed by atoms with Crippen molar-refractivity contribution in [1.82, 2.24) is 15.0 Å². The first-order chi connectivity index (χ1) is 11.6. The summed E-state index contributed by atoms with van der Waals surface area (Å²) in [5.74, 6) is 0.687. The van der Waals surface area contributed by atoms with Crippen LogP contribution in [-0.4, -0.2) is 21.7 Å². The lowest BCUT2D eigenvalue weighted by Crippen LogP contribution is -2.17. The first kappa shape index (κ1) is 16.4. The predicted molar refractivity (Wildman–Crippen MR) is 99.3 cm³/mol. The van der Waals surface area contributed by atoms with E-state index < -0.39 is 0 Å². The Kier molecular flexibility index (Phi) is 4.76. The highest BCUT2D eigenvalue weighted by Crippen LogP contribution is 2.17. The zero-order valence-electron chi connectivity index (χ0n) is 13.5. The number of fused-ring (bicyclic) bond motifs is 1. The van der Waals surface area contributed by atoms with Crippen LogP contribution < -0.4 is 5.43 Å². The molecule has 0 atom stereocenters. The van der Waals surface area contributed by atoms with Crippen molar-refractivity contribution in [2.75, 3.05) is 0 Å². The number of imidazole rings is 1. The summed E-state index contributed by atoms with van der Waals surface area (Å²) in [6, 6.07) is 13.2. The zero-order chi connectivity index (χ0) is 17.1. The Morgan fingerprint density at radius 3 is 2.75 bits per heavy atom. The van der Waals surface area contributed by atoms with Gasteiger partial charge in [-0.1, -0.05) is 28.1 Å². The maximum absolute atomic E-state index is 12.2. The number of nitrogens with zero attached hydrogens (tertiary/aromatic N) is 3. The third-order valence-electron chi connectivity index (χ3n) is 3.77. The molecule has 3 rings (SSSR count). The fraction of sp³-hybridized carbons (Fsp3) is 0.167. The minimum Gasteiger partial charge on any atom is -0.329 e. The number of carbonyl (C=O) groups is 1. The van der Waals surface area contributed by atoms with Crippen LogP contribution in [0.25, 0.3) is 11.0 Å². The number of aryl methyl sites for hydroxylation is 2. The zero-order valence-corrected chi connectivity index (χ0v) is 15.0. The van der Waals surface area contributed by atoms with Gasteiger partial charge in [0.25, 0.3) is 5.91 Å². The number of nitrogens with one attached hydrogen (secondary N) is 1. The van der Waals surface area contributed by atoms with E-state index >= 15 is 0 Å². The Balaban J connectivity index is 1.75. The van der Waals surface area contributed by atoms with E-state index in [4.69, 9.17) is 0 Å². The van der Waals surface area contributed by atoms with Gasteiger partial charge in [0.05, 0.1) is 17.2 Å². The van der Waals surface area contributed by atoms with Crippen LogP contribution >= 0.6 is 15.9 Å². The largest absolute Gasteiger partial charge is 0.329 e. The SMILES string of the molecule is CCn1c(C)nc2cc(C(=O)N/N=C\c3ccc(Br)cc3)ccc21. The van der Waals surface area contributed by atoms with Crippen LogP contribution in [0.2, 0.25) is 0 Å². The molecule has 1 amide bonds. The van der Waals surface area contributed by atoms with Crippen molar-refractivity contribution in [1.29, 1.82) is 0 Å². The number of hydrogen-bond donors (Lipinski definition) is 1. The van der Waals surface area contributed by atoms with Crippen LogP contribution in [0.4, 0.5) is 0 Å². The standard InChI is InChI=1S/C18H17BrN4O/c1-3-23-12(2)21-16-10-14(6-9-17(16)23)18(24)22-20-11-13-4-7-15(19)8-5-13/h4-11H,3H2,1-2H3,(H,22,24)/b20-11-. The van der Waals surface area contributed by atoms with Gasteiger partial charge in [-0.15, -0.1) is 0 Å². The van der Waals surface area contributed by atoms with Crippen LogP contribution in [0.15, 0.2) is 52.0 Å². The third-order valence-corrected chi connectivity index (χ3v) is 4.30. The van der Waals surface area contributed by atoms with Crippen LogP contribution in [0.1, 0.15) is 28.7 Å². The van der Waals surface area contributed by atoms with Gasteiger partial charge in [0.1, 0.15) is 5.82 Å². The second kappa shape index (κ2) is 6.97. The quantitative estimate of drug-likeness (QED) is 0.547. The molecule has 0 unspecified atom stereocenters. The highest BCUT2D eigenvalue weighted by molar-refractivity contribution is 9.10. The normalized spacial score (nSPS) is 11.3. The lowest BCUT2D eigenvalue weighted by molar-refractivity contribution is 0.0955. The second-order valence-electron chi connectivity index (χ2n) is 5.36. The molecule has 0 aliphatic heterocycles. The van der Waals surface area contributed by atoms with Crippen molar-refractivity contribution in [2.45, 2.75) is 20.4 Å². The Labute approximate surface area is 148 Å². The highest BCUT2D eigenvalue weighted by atomic mass is 79.9. The number of halogens is 1. The molecule has 5 nitrogen and oxygen atoms in total. The minimum atomic E-state index is -0.256. The summed E-state index contributed by atoms with van der Waals surface area (Å²) in [6.07, 6.45) is 1.61. The summed E-state index contributed by atoms with van der Waals surface area (Å²) in [5.41, 5.74) is 5.84. The molecule has 0 aliphatic rings. The third kappa shape index (κ3) is 3.38. The number of aromatic nitrogens is 2. The van der Waals surface area contributed by atoms with Crippen molar-refractivity contribution in [3.63, 3.8) is 0 Å². The smallest absolute Gasteiger partial charge is 0.271 e. The Bertz CT molecular complexity index is 913. The molecule has 0 aliphatic carbocycles. The van der Waals surface area contributed by atoms with Gasteiger partial charge in [0.15, 0.2) is 0 Å². The van der Waals surface area contributed by atoms with E-state index in [9.17, 15) is 4.79 Å². The molecule has 1 aromatic heterocycles. The average molecular weight is 385 g/mol. The van der Waals surface area contributed by atoms with Crippen LogP contribution in [0, 0.1) is 6.92 Å². The average Bonchev–Trinajstić information content (AvgIpc) is 2.90. The summed E-state index contributed by atoms with van der Waals surface area (Å²) in [7, 11) is 0. The molecular formula is C18H17BrN4O. The van der Waals surface area contributed by atoms with E-state index in [2.05, 4.69) is 42.9 Å². The van der Waals surface area contributed by atoms with Crippen LogP contribution in [0.3, 0.4) is 0 Å². The molecule has 3 aromatic rings. The lowest BCUT2D eigenvalue weighted by atomic mass is 10.2. The Morgan fingerprint density at radius 2 is 2.04 bits per heavy atom. The molecule has 0 saturated carbocycles. The second-order valence-corrected chi connectivity index (χ2v) is 6.27. The number of hydrazone groups is 1. The maximum Gasteiger partial charge on any atom is 0.271 e. The molecule has 1 N–H and O–H groups in total. The van der Waals surface area contributed by atoms with E-state index in [1.807, 2.05) is 37.3 Å². The van der Waals surface area contributed by atoms with Crippen LogP contribution in [-0.2, 0) is 6.54 Å². The topological polar surface area (TPSA) is 59.3 Å². The monoisotopic (exact) mass is 384 g/mol. The Hall–Kier alpha value is -2.47. The molecule has 122 valence electrons. The molecule has 0 fully saturated rings. The van der Waals surface area contributed by atoms with Gasteiger partial charge in [-0.2, -0.15) is 5.10 Å². The van der Waals surface area contributed by atoms with Crippen molar-refractivity contribution in [3.8, 4) is 0 Å². The van der Waals surface area contributed by atoms with E-state index in [0.29, 0.717) is 5.56 Å². The summed E-state index contributed by atoms with van der Waals surface area (Å²) < 4.78 is 3.11. The van der Waals surface area contributed by atoms with E-state index in [-0.39, 0.29) is 5.91 Å². The fourth-order valence-electron chi connectivity index (χ4n) is 2.57. The molecule has 1 heterocycles. The Morgan fingerprint density at radius 1 is 1.29 bits per heavy atom. The molecule has 0 bridgehead atoms. The molecule has 6 heteroatoms. The highest BCUT2D eigenvalue weighted by Gasteiger charge is 2.10. The van der Waals surface area contributed by atoms with E-state index in [1.165, 1.54) is 0 Å². The molecule has 24 heavy (non-hydrogen) atoms. The number of benzene rings is 2. The number of rotatable bonds is 4. The van der Waals surface area contributed by atoms with Crippen molar-refractivity contribution < 1.29 is 4.79 Å². The van der Waals surface area contributed by atoms with Gasteiger partial charge in [0, 0.05) is 16.6 Å². The van der Waals surface area contributed by atoms with E-state index in [0.717, 1.165) is 33.4 Å². The summed E-state index contributed by atoms with van der Waals surface area (Å²) in [5, 5.41) is 4.00. The molecule has 0 radical (unpaired) electrons. The molecular weight excluding hydrogens is 368 g/mol. The fourth-order valence-corrected chi connectivity index (χ4v) is 2.83. The lowest BCUT2D eigenvalue weighted by Gasteiger charge is -2.03. The summed E-state index contributed by atoms with van der Waals surface area (Å²) in [6.45, 7) is 4.89. The number of amides is 1. The summed E-state index contributed by atoms with van der Waals surface area (Å²) >= 11 is 3.38. The number of hydrogen-bond acceptors (Lipinski definition) is 3. The van der Waals surface area contributed by atoms with Crippen molar-refractivity contribution in [2.24, 2.45) is 5.10 Å². The van der Waals surface area contributed by atoms with Crippen LogP contribution in [0.5, 0.6) is 0 Å². The molecule has 0 spiro atoms. The van der Waals surface area contributed by atoms with Gasteiger partial charge >= 0.3 is 0 Å². The summed E-state index contributed by atoms with van der Waals surface area (Å²) in [4.78, 5) is 16.7. The molecule has 2 aromatic carbocycles. The maximum atomic E-state index is 12.2. The predicted octanol–water partition coefficient (Wildman–Crippen LogP) is 3.89. The van der Waals surface area contributed by atoms with Gasteiger partial charge in [-0.25, -0.2) is 10.4 Å². The molecule has 0 saturated heterocycles. The first-order valence-electron chi connectivity index (χ1n) is 7.64. The van der Waals surface area contributed by atoms with Crippen molar-refractivity contribution in [3.05, 3.63) is 63.9 Å².